The van der Waals surface area contributed by atoms with Gasteiger partial charge in [0.15, 0.2) is 17.1 Å². The molecule has 0 saturated carbocycles. The Morgan fingerprint density at radius 3 is 2.59 bits per heavy atom. The largest absolute Gasteiger partial charge is 0.504 e. The Balaban J connectivity index is 1.62. The van der Waals surface area contributed by atoms with Crippen molar-refractivity contribution < 1.29 is 23.9 Å². The van der Waals surface area contributed by atoms with E-state index in [9.17, 15) is 23.9 Å². The minimum Gasteiger partial charge on any atom is -0.504 e. The number of aromatic hydroxyl groups is 1. The van der Waals surface area contributed by atoms with E-state index in [0.29, 0.717) is 18.7 Å². The van der Waals surface area contributed by atoms with Gasteiger partial charge in [-0.3, -0.25) is 14.4 Å². The topological polar surface area (TPSA) is 117 Å². The molecule has 2 heterocycles. The molecular formula is C24H24FN5O4. The Morgan fingerprint density at radius 1 is 1.15 bits per heavy atom. The van der Waals surface area contributed by atoms with Crippen LogP contribution >= 0.6 is 0 Å². The van der Waals surface area contributed by atoms with Crippen molar-refractivity contribution in [1.29, 1.82) is 0 Å². The van der Waals surface area contributed by atoms with Crippen LogP contribution in [0.2, 0.25) is 0 Å². The van der Waals surface area contributed by atoms with Crippen LogP contribution in [0.1, 0.15) is 55.4 Å². The average Bonchev–Trinajstić information content (AvgIpc) is 3.18. The van der Waals surface area contributed by atoms with Crippen molar-refractivity contribution in [2.24, 2.45) is 0 Å². The lowest BCUT2D eigenvalue weighted by Crippen LogP contribution is -2.41. The van der Waals surface area contributed by atoms with Gasteiger partial charge in [-0.1, -0.05) is 36.4 Å². The number of likely N-dealkylation sites (N-methyl/N-ethyl adjacent to an activating group) is 1. The summed E-state index contributed by atoms with van der Waals surface area (Å²) in [6.07, 6.45) is 0. The summed E-state index contributed by atoms with van der Waals surface area (Å²) in [6.45, 7) is 2.32. The van der Waals surface area contributed by atoms with Gasteiger partial charge in [0, 0.05) is 32.2 Å². The van der Waals surface area contributed by atoms with Crippen LogP contribution in [-0.2, 0) is 6.54 Å². The maximum absolute atomic E-state index is 13.7. The zero-order chi connectivity index (χ0) is 24.4. The van der Waals surface area contributed by atoms with Gasteiger partial charge >= 0.3 is 0 Å². The Morgan fingerprint density at radius 2 is 1.88 bits per heavy atom. The standard InChI is InChI=1S/C24H24FN5O4/c1-3-26-22(32)17-11-16(25)10-9-15(17)12-27-23(33)19-21(31)20-24(34)29(2)13-18(30(20)28-19)14-7-5-4-6-8-14/h4-11,18,31H,3,12-13H2,1-2H3,(H,26,32)(H,27,33)/t18-/m1/s1. The summed E-state index contributed by atoms with van der Waals surface area (Å²) in [5.41, 5.74) is 0.979. The fourth-order valence-corrected chi connectivity index (χ4v) is 3.95. The van der Waals surface area contributed by atoms with Crippen molar-refractivity contribution in [2.75, 3.05) is 20.1 Å². The van der Waals surface area contributed by atoms with Crippen molar-refractivity contribution >= 4 is 17.7 Å². The van der Waals surface area contributed by atoms with Crippen LogP contribution in [0.5, 0.6) is 5.75 Å². The summed E-state index contributed by atoms with van der Waals surface area (Å²) in [6, 6.07) is 12.7. The SMILES string of the molecule is CCNC(=O)c1cc(F)ccc1CNC(=O)c1nn2c(c1O)C(=O)N(C)C[C@@H]2c1ccccc1. The number of benzene rings is 2. The summed E-state index contributed by atoms with van der Waals surface area (Å²) >= 11 is 0. The third-order valence-corrected chi connectivity index (χ3v) is 5.67. The Kier molecular flexibility index (Phi) is 6.31. The first kappa shape index (κ1) is 23.0. The molecule has 3 N–H and O–H groups in total. The first-order valence-corrected chi connectivity index (χ1v) is 10.8. The molecule has 9 nitrogen and oxygen atoms in total. The third kappa shape index (κ3) is 4.21. The summed E-state index contributed by atoms with van der Waals surface area (Å²) in [4.78, 5) is 39.4. The second kappa shape index (κ2) is 9.34. The van der Waals surface area contributed by atoms with Crippen molar-refractivity contribution in [3.8, 4) is 5.75 Å². The lowest BCUT2D eigenvalue weighted by atomic mass is 10.0. The number of nitrogens with zero attached hydrogens (tertiary/aromatic N) is 3. The lowest BCUT2D eigenvalue weighted by Gasteiger charge is -2.31. The smallest absolute Gasteiger partial charge is 0.275 e. The highest BCUT2D eigenvalue weighted by atomic mass is 19.1. The molecule has 0 bridgehead atoms. The molecule has 1 aliphatic rings. The first-order chi connectivity index (χ1) is 16.3. The predicted octanol–water partition coefficient (Wildman–Crippen LogP) is 2.08. The zero-order valence-corrected chi connectivity index (χ0v) is 18.7. The maximum atomic E-state index is 13.7. The number of hydrogen-bond acceptors (Lipinski definition) is 5. The van der Waals surface area contributed by atoms with Gasteiger partial charge in [-0.2, -0.15) is 5.10 Å². The van der Waals surface area contributed by atoms with E-state index in [1.807, 2.05) is 30.3 Å². The van der Waals surface area contributed by atoms with Crippen LogP contribution in [0.3, 0.4) is 0 Å². The summed E-state index contributed by atoms with van der Waals surface area (Å²) in [5, 5.41) is 20.2. The van der Waals surface area contributed by atoms with Crippen molar-refractivity contribution in [3.63, 3.8) is 0 Å². The number of nitrogens with one attached hydrogen (secondary N) is 2. The molecule has 3 amide bonds. The van der Waals surface area contributed by atoms with Gasteiger partial charge in [0.1, 0.15) is 5.82 Å². The number of rotatable bonds is 6. The van der Waals surface area contributed by atoms with Crippen molar-refractivity contribution in [3.05, 3.63) is 82.4 Å². The number of halogens is 1. The van der Waals surface area contributed by atoms with Gasteiger partial charge in [-0.05, 0) is 30.2 Å². The van der Waals surface area contributed by atoms with Crippen LogP contribution in [0.25, 0.3) is 0 Å². The molecular weight excluding hydrogens is 441 g/mol. The number of hydrogen-bond donors (Lipinski definition) is 3. The molecule has 4 rings (SSSR count). The molecule has 2 aromatic carbocycles. The first-order valence-electron chi connectivity index (χ1n) is 10.8. The molecule has 34 heavy (non-hydrogen) atoms. The van der Waals surface area contributed by atoms with E-state index >= 15 is 0 Å². The second-order valence-corrected chi connectivity index (χ2v) is 7.95. The van der Waals surface area contributed by atoms with Crippen LogP contribution in [-0.4, -0.2) is 57.6 Å². The number of fused-ring (bicyclic) bond motifs is 1. The van der Waals surface area contributed by atoms with Gasteiger partial charge in [0.05, 0.1) is 6.04 Å². The average molecular weight is 465 g/mol. The number of amides is 3. The molecule has 0 spiro atoms. The number of carbonyl (C=O) groups excluding carboxylic acids is 3. The van der Waals surface area contributed by atoms with Gasteiger partial charge in [-0.15, -0.1) is 0 Å². The molecule has 1 atom stereocenters. The van der Waals surface area contributed by atoms with E-state index in [4.69, 9.17) is 0 Å². The lowest BCUT2D eigenvalue weighted by molar-refractivity contribution is 0.0719. The molecule has 3 aromatic rings. The zero-order valence-electron chi connectivity index (χ0n) is 18.7. The maximum Gasteiger partial charge on any atom is 0.275 e. The van der Waals surface area contributed by atoms with E-state index in [1.165, 1.54) is 21.7 Å². The second-order valence-electron chi connectivity index (χ2n) is 7.95. The molecule has 1 aliphatic heterocycles. The molecule has 0 fully saturated rings. The van der Waals surface area contributed by atoms with E-state index < -0.39 is 29.3 Å². The Hall–Kier alpha value is -4.21. The molecule has 10 heteroatoms. The van der Waals surface area contributed by atoms with E-state index in [2.05, 4.69) is 15.7 Å². The van der Waals surface area contributed by atoms with Crippen LogP contribution < -0.4 is 10.6 Å². The molecule has 1 aromatic heterocycles. The Bertz CT molecular complexity index is 1260. The number of carbonyl (C=O) groups is 3. The highest BCUT2D eigenvalue weighted by Crippen LogP contribution is 2.33. The quantitative estimate of drug-likeness (QED) is 0.516. The predicted molar refractivity (Wildman–Crippen MR) is 121 cm³/mol. The highest BCUT2D eigenvalue weighted by molar-refractivity contribution is 6.02. The fourth-order valence-electron chi connectivity index (χ4n) is 3.95. The summed E-state index contributed by atoms with van der Waals surface area (Å²) < 4.78 is 15.1. The number of aromatic nitrogens is 2. The minimum absolute atomic E-state index is 0.0717. The van der Waals surface area contributed by atoms with Gasteiger partial charge < -0.3 is 20.6 Å². The molecule has 0 radical (unpaired) electrons. The van der Waals surface area contributed by atoms with Crippen LogP contribution in [0.15, 0.2) is 48.5 Å². The molecule has 176 valence electrons. The minimum atomic E-state index is -0.729. The van der Waals surface area contributed by atoms with Gasteiger partial charge in [0.25, 0.3) is 17.7 Å². The third-order valence-electron chi connectivity index (χ3n) is 5.67. The van der Waals surface area contributed by atoms with E-state index in [0.717, 1.165) is 11.6 Å². The normalized spacial score (nSPS) is 15.1. The molecule has 0 aliphatic carbocycles. The van der Waals surface area contributed by atoms with Gasteiger partial charge in [0.2, 0.25) is 0 Å². The van der Waals surface area contributed by atoms with Crippen LogP contribution in [0, 0.1) is 5.82 Å². The monoisotopic (exact) mass is 465 g/mol. The summed E-state index contributed by atoms with van der Waals surface area (Å²) in [7, 11) is 1.62. The van der Waals surface area contributed by atoms with Crippen LogP contribution in [0.4, 0.5) is 4.39 Å². The molecule has 0 saturated heterocycles. The fraction of sp³-hybridized carbons (Fsp3) is 0.250. The van der Waals surface area contributed by atoms with Crippen molar-refractivity contribution in [2.45, 2.75) is 19.5 Å². The van der Waals surface area contributed by atoms with Gasteiger partial charge in [-0.25, -0.2) is 9.07 Å². The summed E-state index contributed by atoms with van der Waals surface area (Å²) in [5.74, 6) is -2.74. The highest BCUT2D eigenvalue weighted by Gasteiger charge is 2.37. The molecule has 0 unspecified atom stereocenters. The van der Waals surface area contributed by atoms with E-state index in [1.54, 1.807) is 14.0 Å². The van der Waals surface area contributed by atoms with Crippen molar-refractivity contribution in [1.82, 2.24) is 25.3 Å². The van der Waals surface area contributed by atoms with E-state index in [-0.39, 0.29) is 29.5 Å². The Labute approximate surface area is 195 Å².